The molecule has 0 spiro atoms. The topological polar surface area (TPSA) is 0 Å². The average molecular weight is 1400 g/mol. The van der Waals surface area contributed by atoms with Crippen molar-refractivity contribution in [3.05, 3.63) is 142 Å². The first-order valence-electron chi connectivity index (χ1n) is 31.8. The monoisotopic (exact) mass is 1400 g/mol. The summed E-state index contributed by atoms with van der Waals surface area (Å²) in [6.07, 6.45) is 10.3. The Hall–Kier alpha value is -0.614. The average Bonchev–Trinajstić information content (AvgIpc) is 4.39. The number of aryl methyl sites for hydroxylation is 8. The van der Waals surface area contributed by atoms with E-state index in [0.717, 1.165) is 45.3 Å². The molecule has 0 heterocycles. The largest absolute Gasteiger partial charge is 2.00 e. The number of hydrogen-bond acceptors (Lipinski definition) is 0. The summed E-state index contributed by atoms with van der Waals surface area (Å²) in [7, 11) is -0.200. The van der Waals surface area contributed by atoms with Crippen LogP contribution in [0.25, 0.3) is 43.1 Å². The van der Waals surface area contributed by atoms with Crippen molar-refractivity contribution < 1.29 is 77.2 Å². The van der Waals surface area contributed by atoms with Crippen LogP contribution in [0, 0.1) is 55.4 Å². The standard InChI is InChI=1S/4C19H28P.2ClH.2Zr/c4*1-7-15(5)20(16(6)8-2)17-11-18-13(3)9-10-14(4)19(18)12-17;;;;/h4*9-12,15-16H,7-8H2,1-6H3;2*1H;;/q4*-1;;;2*+2/p-2. The van der Waals surface area contributed by atoms with E-state index in [4.69, 9.17) is 0 Å². The van der Waals surface area contributed by atoms with Crippen LogP contribution < -0.4 is 46.0 Å². The van der Waals surface area contributed by atoms with Crippen LogP contribution in [0.2, 0.25) is 0 Å². The zero-order chi connectivity index (χ0) is 59.4. The van der Waals surface area contributed by atoms with Gasteiger partial charge in [0.1, 0.15) is 0 Å². The van der Waals surface area contributed by atoms with E-state index in [-0.39, 0.29) is 109 Å². The van der Waals surface area contributed by atoms with Gasteiger partial charge in [-0.05, 0) is 124 Å². The van der Waals surface area contributed by atoms with Gasteiger partial charge >= 0.3 is 52.4 Å². The van der Waals surface area contributed by atoms with Gasteiger partial charge in [-0.15, -0.1) is 135 Å². The third kappa shape index (κ3) is 19.7. The SMILES string of the molecule is CCC(C)P(c1cc2c(C)ccc(C)c2[cH-]1)C(C)CC.CCC(C)P(c1cc2c(C)ccc(C)c2[cH-]1)C(C)CC.CCC(C)P(c1cc2c(C)ccc(C)c2[cH-]1)C(C)CC.CCC(C)P(c1cc2c(C)ccc(C)c2[cH-]1)C(C)CC.[Cl-].[Cl-].[Zr+2].[Zr+2]. The van der Waals surface area contributed by atoms with Crippen LogP contribution in [0.1, 0.15) is 207 Å². The van der Waals surface area contributed by atoms with Crippen LogP contribution in [-0.2, 0) is 52.4 Å². The summed E-state index contributed by atoms with van der Waals surface area (Å²) in [5.41, 5.74) is 17.9. The molecule has 0 saturated carbocycles. The second-order valence-electron chi connectivity index (χ2n) is 24.6. The summed E-state index contributed by atoms with van der Waals surface area (Å²) >= 11 is 0. The summed E-state index contributed by atoms with van der Waals surface area (Å²) < 4.78 is 0. The maximum atomic E-state index is 2.49. The third-order valence-corrected chi connectivity index (χ3v) is 32.9. The van der Waals surface area contributed by atoms with Gasteiger partial charge in [-0.1, -0.05) is 217 Å². The Morgan fingerprint density at radius 2 is 0.393 bits per heavy atom. The smallest absolute Gasteiger partial charge is 1.00 e. The summed E-state index contributed by atoms with van der Waals surface area (Å²) in [5, 5.41) is 18.3. The van der Waals surface area contributed by atoms with Crippen LogP contribution in [0.4, 0.5) is 0 Å². The van der Waals surface area contributed by atoms with E-state index in [1.807, 2.05) is 0 Å². The van der Waals surface area contributed by atoms with Crippen molar-refractivity contribution in [1.82, 2.24) is 0 Å². The van der Waals surface area contributed by atoms with Crippen LogP contribution >= 0.6 is 31.7 Å². The van der Waals surface area contributed by atoms with Gasteiger partial charge in [0.25, 0.3) is 0 Å². The van der Waals surface area contributed by atoms with Gasteiger partial charge < -0.3 is 24.8 Å². The zero-order valence-electron chi connectivity index (χ0n) is 57.1. The van der Waals surface area contributed by atoms with Crippen molar-refractivity contribution >= 4 is 96.0 Å². The Bertz CT molecular complexity index is 2570. The van der Waals surface area contributed by atoms with E-state index < -0.39 is 0 Å². The molecule has 8 unspecified atom stereocenters. The molecule has 0 N–H and O–H groups in total. The first-order chi connectivity index (χ1) is 38.0. The number of halogens is 2. The summed E-state index contributed by atoms with van der Waals surface area (Å²) in [6, 6.07) is 38.0. The maximum absolute atomic E-state index is 2.49. The van der Waals surface area contributed by atoms with Crippen LogP contribution in [0.5, 0.6) is 0 Å². The molecule has 8 heteroatoms. The molecule has 0 radical (unpaired) electrons. The van der Waals surface area contributed by atoms with Crippen molar-refractivity contribution in [2.45, 2.75) is 263 Å². The van der Waals surface area contributed by atoms with Crippen LogP contribution in [0.15, 0.2) is 97.1 Å². The molecule has 460 valence electrons. The van der Waals surface area contributed by atoms with E-state index in [1.165, 1.54) is 139 Å². The summed E-state index contributed by atoms with van der Waals surface area (Å²) in [5.74, 6) is 0. The molecule has 8 atom stereocenters. The van der Waals surface area contributed by atoms with Gasteiger partial charge in [-0.25, -0.2) is 0 Å². The molecule has 84 heavy (non-hydrogen) atoms. The molecular formula is C76H112Cl2P4Zr2-2. The second-order valence-corrected chi connectivity index (χ2v) is 37.0. The van der Waals surface area contributed by atoms with E-state index in [2.05, 4.69) is 263 Å². The Morgan fingerprint density at radius 1 is 0.262 bits per heavy atom. The maximum Gasteiger partial charge on any atom is 2.00 e. The van der Waals surface area contributed by atoms with Crippen molar-refractivity contribution in [3.63, 3.8) is 0 Å². The van der Waals surface area contributed by atoms with Gasteiger partial charge in [-0.2, -0.15) is 24.3 Å². The number of fused-ring (bicyclic) bond motifs is 4. The predicted molar refractivity (Wildman–Crippen MR) is 380 cm³/mol. The predicted octanol–water partition coefficient (Wildman–Crippen LogP) is 17.5. The van der Waals surface area contributed by atoms with E-state index in [1.54, 1.807) is 21.2 Å². The number of rotatable bonds is 20. The molecular weight excluding hydrogens is 1290 g/mol. The van der Waals surface area contributed by atoms with Crippen LogP contribution in [-0.4, -0.2) is 45.3 Å². The molecule has 8 aromatic rings. The zero-order valence-corrected chi connectivity index (χ0v) is 67.1. The first-order valence-corrected chi connectivity index (χ1v) is 37.7. The molecule has 0 aromatic heterocycles. The van der Waals surface area contributed by atoms with Crippen LogP contribution in [0.3, 0.4) is 0 Å². The third-order valence-electron chi connectivity index (χ3n) is 18.9. The van der Waals surface area contributed by atoms with Crippen molar-refractivity contribution in [2.24, 2.45) is 0 Å². The molecule has 8 rings (SSSR count). The minimum Gasteiger partial charge on any atom is -1.00 e. The molecule has 0 saturated heterocycles. The van der Waals surface area contributed by atoms with E-state index >= 15 is 0 Å². The molecule has 0 fully saturated rings. The fourth-order valence-corrected chi connectivity index (χ4v) is 25.2. The van der Waals surface area contributed by atoms with Gasteiger partial charge in [-0.3, -0.25) is 0 Å². The normalized spacial score (nSPS) is 15.5. The van der Waals surface area contributed by atoms with Gasteiger partial charge in [0.15, 0.2) is 0 Å². The van der Waals surface area contributed by atoms with Crippen molar-refractivity contribution in [1.29, 1.82) is 0 Å². The van der Waals surface area contributed by atoms with E-state index in [0.29, 0.717) is 0 Å². The van der Waals surface area contributed by atoms with Gasteiger partial charge in [0, 0.05) is 0 Å². The second kappa shape index (κ2) is 38.3. The summed E-state index contributed by atoms with van der Waals surface area (Å²) in [4.78, 5) is 0. The Labute approximate surface area is 572 Å². The molecule has 0 aliphatic heterocycles. The minimum atomic E-state index is -0.0500. The quantitative estimate of drug-likeness (QED) is 0.0527. The number of benzene rings is 4. The van der Waals surface area contributed by atoms with E-state index in [9.17, 15) is 0 Å². The Morgan fingerprint density at radius 3 is 0.512 bits per heavy atom. The Kier molecular flexibility index (Phi) is 37.1. The summed E-state index contributed by atoms with van der Waals surface area (Å²) in [6.45, 7) is 56.1. The van der Waals surface area contributed by atoms with Gasteiger partial charge in [0.2, 0.25) is 0 Å². The molecule has 0 amide bonds. The fraction of sp³-hybridized carbons (Fsp3) is 0.526. The number of hydrogen-bond donors (Lipinski definition) is 0. The molecule has 8 aromatic carbocycles. The first kappa shape index (κ1) is 81.4. The van der Waals surface area contributed by atoms with Crippen molar-refractivity contribution in [3.8, 4) is 0 Å². The van der Waals surface area contributed by atoms with Crippen molar-refractivity contribution in [2.75, 3.05) is 0 Å². The fourth-order valence-electron chi connectivity index (χ4n) is 12.2. The Balaban J connectivity index is 0.000000551. The van der Waals surface area contributed by atoms with Gasteiger partial charge in [0.05, 0.1) is 0 Å². The molecule has 0 nitrogen and oxygen atoms in total. The molecule has 0 aliphatic carbocycles. The minimum absolute atomic E-state index is 0. The molecule has 0 aliphatic rings. The molecule has 0 bridgehead atoms.